The first-order valence-electron chi connectivity index (χ1n) is 7.47. The minimum Gasteiger partial charge on any atom is -0.378 e. The average Bonchev–Trinajstić information content (AvgIpc) is 3.02. The molecule has 1 atom stereocenters. The van der Waals surface area contributed by atoms with Crippen LogP contribution >= 0.6 is 11.6 Å². The molecule has 0 aromatic heterocycles. The molecule has 1 aromatic rings. The molecule has 1 fully saturated rings. The average molecular weight is 346 g/mol. The number of rotatable bonds is 7. The number of halogens is 1. The number of anilines is 1. The first-order chi connectivity index (χ1) is 10.4. The number of alkyl halides is 1. The van der Waals surface area contributed by atoms with Crippen LogP contribution in [0.25, 0.3) is 0 Å². The summed E-state index contributed by atoms with van der Waals surface area (Å²) in [5.41, 5.74) is 2.26. The lowest BCUT2D eigenvalue weighted by molar-refractivity contribution is 0.246. The molecule has 1 N–H and O–H groups in total. The Morgan fingerprint density at radius 2 is 1.82 bits per heavy atom. The van der Waals surface area contributed by atoms with Gasteiger partial charge in [-0.25, -0.2) is 13.1 Å². The number of benzene rings is 1. The maximum Gasteiger partial charge on any atom is 0.225 e. The Hall–Kier alpha value is -0.820. The zero-order valence-corrected chi connectivity index (χ0v) is 14.7. The Balaban J connectivity index is 2.16. The van der Waals surface area contributed by atoms with Gasteiger partial charge in [-0.1, -0.05) is 12.1 Å². The Morgan fingerprint density at radius 3 is 2.32 bits per heavy atom. The highest BCUT2D eigenvalue weighted by Crippen LogP contribution is 2.26. The fraction of sp³-hybridized carbons (Fsp3) is 0.600. The van der Waals surface area contributed by atoms with E-state index < -0.39 is 15.2 Å². The maximum atomic E-state index is 11.6. The molecule has 1 heterocycles. The van der Waals surface area contributed by atoms with Crippen molar-refractivity contribution in [3.8, 4) is 0 Å². The quantitative estimate of drug-likeness (QED) is 0.768. The largest absolute Gasteiger partial charge is 0.378 e. The van der Waals surface area contributed by atoms with E-state index in [4.69, 9.17) is 11.6 Å². The molecular weight excluding hydrogens is 322 g/mol. The second-order valence-electron chi connectivity index (χ2n) is 5.82. The van der Waals surface area contributed by atoms with Crippen LogP contribution in [0.3, 0.4) is 0 Å². The first-order valence-corrected chi connectivity index (χ1v) is 9.66. The summed E-state index contributed by atoms with van der Waals surface area (Å²) < 4.78 is 25.9. The van der Waals surface area contributed by atoms with Crippen molar-refractivity contribution in [1.29, 1.82) is 0 Å². The topological polar surface area (TPSA) is 52.7 Å². The normalized spacial score (nSPS) is 17.6. The number of hydrogen-bond donors (Lipinski definition) is 1. The smallest absolute Gasteiger partial charge is 0.225 e. The summed E-state index contributed by atoms with van der Waals surface area (Å²) in [5.74, 6) is 0. The highest BCUT2D eigenvalue weighted by atomic mass is 35.5. The third-order valence-electron chi connectivity index (χ3n) is 4.02. The van der Waals surface area contributed by atoms with Crippen LogP contribution in [0.5, 0.6) is 0 Å². The second-order valence-corrected chi connectivity index (χ2v) is 8.21. The van der Waals surface area contributed by atoms with Crippen molar-refractivity contribution < 1.29 is 8.42 Å². The monoisotopic (exact) mass is 345 g/mol. The van der Waals surface area contributed by atoms with Gasteiger partial charge in [-0.3, -0.25) is 4.90 Å². The summed E-state index contributed by atoms with van der Waals surface area (Å²) in [5, 5.41) is -0.403. The van der Waals surface area contributed by atoms with Gasteiger partial charge < -0.3 is 4.90 Å². The van der Waals surface area contributed by atoms with Gasteiger partial charge in [0.15, 0.2) is 0 Å². The summed E-state index contributed by atoms with van der Waals surface area (Å²) in [4.78, 5) is 4.38. The van der Waals surface area contributed by atoms with Gasteiger partial charge in [0, 0.05) is 32.4 Å². The third-order valence-corrected chi connectivity index (χ3v) is 5.77. The molecule has 1 aliphatic rings. The first kappa shape index (κ1) is 17.5. The molecule has 7 heteroatoms. The third kappa shape index (κ3) is 4.59. The molecule has 0 spiro atoms. The molecule has 0 bridgehead atoms. The fourth-order valence-corrected chi connectivity index (χ4v) is 3.47. The van der Waals surface area contributed by atoms with Crippen LogP contribution in [0.2, 0.25) is 0 Å². The van der Waals surface area contributed by atoms with Crippen molar-refractivity contribution in [3.05, 3.63) is 29.8 Å². The summed E-state index contributed by atoms with van der Waals surface area (Å²) in [6.45, 7) is 2.36. The highest BCUT2D eigenvalue weighted by Gasteiger charge is 2.24. The van der Waals surface area contributed by atoms with Gasteiger partial charge in [-0.2, -0.15) is 0 Å². The molecule has 0 unspecified atom stereocenters. The van der Waals surface area contributed by atoms with E-state index >= 15 is 0 Å². The van der Waals surface area contributed by atoms with E-state index in [1.54, 1.807) is 0 Å². The predicted octanol–water partition coefficient (Wildman–Crippen LogP) is 2.01. The fourth-order valence-electron chi connectivity index (χ4n) is 2.75. The summed E-state index contributed by atoms with van der Waals surface area (Å²) in [6.07, 6.45) is 2.32. The Kier molecular flexibility index (Phi) is 6.09. The standard InChI is InChI=1S/C15H24ClN3O2S/c1-18(2)14-7-5-13(6-8-14)15(19-9-3-4-10-19)11-17-22(20,21)12-16/h5-8,15,17H,3-4,9-12H2,1-2H3/t15-/m1/s1. The number of likely N-dealkylation sites (tertiary alicyclic amines) is 1. The van der Waals surface area contributed by atoms with E-state index in [2.05, 4.69) is 33.9 Å². The number of sulfonamides is 1. The number of nitrogens with one attached hydrogen (secondary N) is 1. The van der Waals surface area contributed by atoms with E-state index in [1.165, 1.54) is 0 Å². The van der Waals surface area contributed by atoms with E-state index in [-0.39, 0.29) is 6.04 Å². The van der Waals surface area contributed by atoms with E-state index in [1.807, 2.05) is 19.0 Å². The lowest BCUT2D eigenvalue weighted by Gasteiger charge is -2.28. The molecule has 1 aromatic carbocycles. The van der Waals surface area contributed by atoms with Gasteiger partial charge in [-0.05, 0) is 43.6 Å². The zero-order chi connectivity index (χ0) is 16.2. The minimum atomic E-state index is -3.39. The molecule has 124 valence electrons. The maximum absolute atomic E-state index is 11.6. The molecule has 5 nitrogen and oxygen atoms in total. The van der Waals surface area contributed by atoms with E-state index in [0.29, 0.717) is 6.54 Å². The zero-order valence-electron chi connectivity index (χ0n) is 13.1. The second kappa shape index (κ2) is 7.64. The van der Waals surface area contributed by atoms with Crippen LogP contribution in [-0.4, -0.2) is 52.3 Å². The Morgan fingerprint density at radius 1 is 1.23 bits per heavy atom. The van der Waals surface area contributed by atoms with E-state index in [9.17, 15) is 8.42 Å². The molecule has 0 radical (unpaired) electrons. The van der Waals surface area contributed by atoms with Gasteiger partial charge in [0.25, 0.3) is 0 Å². The SMILES string of the molecule is CN(C)c1ccc([C@@H](CNS(=O)(=O)CCl)N2CCCC2)cc1. The molecule has 2 rings (SSSR count). The summed E-state index contributed by atoms with van der Waals surface area (Å²) >= 11 is 5.47. The van der Waals surface area contributed by atoms with Crippen molar-refractivity contribution in [2.45, 2.75) is 18.9 Å². The summed E-state index contributed by atoms with van der Waals surface area (Å²) in [6, 6.07) is 8.33. The number of nitrogens with zero attached hydrogens (tertiary/aromatic N) is 2. The van der Waals surface area contributed by atoms with Crippen LogP contribution in [0.15, 0.2) is 24.3 Å². The van der Waals surface area contributed by atoms with Gasteiger partial charge in [0.05, 0.1) is 0 Å². The molecule has 0 amide bonds. The van der Waals surface area contributed by atoms with Crippen LogP contribution in [0.1, 0.15) is 24.4 Å². The van der Waals surface area contributed by atoms with Crippen molar-refractivity contribution in [1.82, 2.24) is 9.62 Å². The van der Waals surface area contributed by atoms with Crippen molar-refractivity contribution >= 4 is 27.3 Å². The van der Waals surface area contributed by atoms with Gasteiger partial charge in [-0.15, -0.1) is 11.6 Å². The molecule has 1 saturated heterocycles. The predicted molar refractivity (Wildman–Crippen MR) is 92.0 cm³/mol. The lowest BCUT2D eigenvalue weighted by Crippen LogP contribution is -2.37. The Bertz CT molecular complexity index is 569. The molecule has 0 saturated carbocycles. The molecule has 1 aliphatic heterocycles. The molecule has 22 heavy (non-hydrogen) atoms. The Labute approximate surface area is 138 Å². The summed E-state index contributed by atoms with van der Waals surface area (Å²) in [7, 11) is 0.610. The van der Waals surface area contributed by atoms with E-state index in [0.717, 1.165) is 37.2 Å². The van der Waals surface area contributed by atoms with Crippen LogP contribution in [0, 0.1) is 0 Å². The minimum absolute atomic E-state index is 0.0525. The van der Waals surface area contributed by atoms with Crippen molar-refractivity contribution in [2.24, 2.45) is 0 Å². The number of hydrogen-bond acceptors (Lipinski definition) is 4. The van der Waals surface area contributed by atoms with Crippen molar-refractivity contribution in [3.63, 3.8) is 0 Å². The van der Waals surface area contributed by atoms with Crippen LogP contribution in [0.4, 0.5) is 5.69 Å². The lowest BCUT2D eigenvalue weighted by atomic mass is 10.1. The van der Waals surface area contributed by atoms with Gasteiger partial charge in [0.2, 0.25) is 10.0 Å². The molecule has 0 aliphatic carbocycles. The highest BCUT2D eigenvalue weighted by molar-refractivity contribution is 7.90. The van der Waals surface area contributed by atoms with Gasteiger partial charge >= 0.3 is 0 Å². The van der Waals surface area contributed by atoms with Gasteiger partial charge in [0.1, 0.15) is 5.21 Å². The van der Waals surface area contributed by atoms with Crippen LogP contribution in [-0.2, 0) is 10.0 Å². The molecular formula is C15H24ClN3O2S. The van der Waals surface area contributed by atoms with Crippen molar-refractivity contribution in [2.75, 3.05) is 43.8 Å². The van der Waals surface area contributed by atoms with Crippen LogP contribution < -0.4 is 9.62 Å².